The molecule has 10 nitrogen and oxygen atoms in total. The number of nitro groups is 1. The number of nitrogens with zero attached hydrogens (tertiary/aromatic N) is 6. The van der Waals surface area contributed by atoms with E-state index in [-0.39, 0.29) is 17.4 Å². The van der Waals surface area contributed by atoms with E-state index in [9.17, 15) is 14.9 Å². The highest BCUT2D eigenvalue weighted by molar-refractivity contribution is 7.98. The van der Waals surface area contributed by atoms with Crippen molar-refractivity contribution in [2.45, 2.75) is 11.9 Å². The summed E-state index contributed by atoms with van der Waals surface area (Å²) in [6.07, 6.45) is 1.89. The standard InChI is InChI=1S/C28H20N6O4S/c1-17-22-24(23-25(29-17)33(31-26(23)39-2)19-13-7-4-8-14-19)30-28(32(27(22)35)18-11-5-3-6-12-18)38-21-16-10-9-15-20(21)34(36)37/h3-16H,1-2H3. The number of rotatable bonds is 6. The fraction of sp³-hybridized carbons (Fsp3) is 0.0714. The van der Waals surface area contributed by atoms with Gasteiger partial charge in [0.25, 0.3) is 5.56 Å². The lowest BCUT2D eigenvalue weighted by Gasteiger charge is -2.15. The predicted octanol–water partition coefficient (Wildman–Crippen LogP) is 5.85. The zero-order valence-electron chi connectivity index (χ0n) is 20.8. The fourth-order valence-corrected chi connectivity index (χ4v) is 5.04. The fourth-order valence-electron chi connectivity index (χ4n) is 4.48. The number of nitro benzene ring substituents is 1. The van der Waals surface area contributed by atoms with E-state index in [0.717, 1.165) is 5.69 Å². The van der Waals surface area contributed by atoms with Gasteiger partial charge in [0.05, 0.1) is 38.3 Å². The number of fused-ring (bicyclic) bond motifs is 3. The molecule has 0 bridgehead atoms. The highest BCUT2D eigenvalue weighted by Gasteiger charge is 2.25. The summed E-state index contributed by atoms with van der Waals surface area (Å²) in [4.78, 5) is 34.9. The monoisotopic (exact) mass is 536 g/mol. The molecule has 0 spiro atoms. The Hall–Kier alpha value is -5.03. The van der Waals surface area contributed by atoms with Gasteiger partial charge in [-0.2, -0.15) is 10.1 Å². The normalized spacial score (nSPS) is 11.2. The molecule has 0 radical (unpaired) electrons. The lowest BCUT2D eigenvalue weighted by molar-refractivity contribution is -0.385. The number of aryl methyl sites for hydroxylation is 1. The minimum Gasteiger partial charge on any atom is -0.418 e. The number of hydrogen-bond donors (Lipinski definition) is 0. The molecule has 0 amide bonds. The van der Waals surface area contributed by atoms with Crippen molar-refractivity contribution in [1.82, 2.24) is 24.3 Å². The Balaban J connectivity index is 1.72. The van der Waals surface area contributed by atoms with Gasteiger partial charge < -0.3 is 4.74 Å². The maximum atomic E-state index is 14.1. The lowest BCUT2D eigenvalue weighted by Crippen LogP contribution is -2.22. The Morgan fingerprint density at radius 3 is 2.18 bits per heavy atom. The van der Waals surface area contributed by atoms with E-state index < -0.39 is 10.5 Å². The summed E-state index contributed by atoms with van der Waals surface area (Å²) in [6.45, 7) is 1.75. The molecule has 192 valence electrons. The van der Waals surface area contributed by atoms with Crippen LogP contribution in [0.2, 0.25) is 0 Å². The topological polar surface area (TPSA) is 118 Å². The van der Waals surface area contributed by atoms with Crippen LogP contribution in [0.1, 0.15) is 5.69 Å². The Kier molecular flexibility index (Phi) is 6.04. The third kappa shape index (κ3) is 4.09. The first kappa shape index (κ1) is 24.3. The van der Waals surface area contributed by atoms with Crippen LogP contribution in [0.3, 0.4) is 0 Å². The quantitative estimate of drug-likeness (QED) is 0.148. The number of hydrogen-bond acceptors (Lipinski definition) is 8. The van der Waals surface area contributed by atoms with Crippen LogP contribution >= 0.6 is 11.8 Å². The van der Waals surface area contributed by atoms with Gasteiger partial charge in [-0.15, -0.1) is 11.8 Å². The van der Waals surface area contributed by atoms with Crippen LogP contribution in [0.25, 0.3) is 33.3 Å². The van der Waals surface area contributed by atoms with Gasteiger partial charge in [0.2, 0.25) is 5.75 Å². The maximum Gasteiger partial charge on any atom is 0.311 e. The Bertz CT molecular complexity index is 1940. The van der Waals surface area contributed by atoms with Crippen LogP contribution in [-0.4, -0.2) is 35.5 Å². The minimum atomic E-state index is -0.538. The molecule has 6 rings (SSSR count). The van der Waals surface area contributed by atoms with Crippen molar-refractivity contribution in [3.05, 3.63) is 111 Å². The van der Waals surface area contributed by atoms with Crippen LogP contribution in [0.15, 0.2) is 94.7 Å². The molecule has 39 heavy (non-hydrogen) atoms. The van der Waals surface area contributed by atoms with Gasteiger partial charge in [-0.25, -0.2) is 14.2 Å². The first-order valence-electron chi connectivity index (χ1n) is 11.9. The van der Waals surface area contributed by atoms with Gasteiger partial charge in [0, 0.05) is 6.07 Å². The van der Waals surface area contributed by atoms with Crippen molar-refractivity contribution in [2.24, 2.45) is 0 Å². The molecule has 0 saturated heterocycles. The number of benzene rings is 3. The zero-order chi connectivity index (χ0) is 27.1. The van der Waals surface area contributed by atoms with E-state index in [1.54, 1.807) is 48.0 Å². The third-order valence-corrected chi connectivity index (χ3v) is 6.90. The smallest absolute Gasteiger partial charge is 0.311 e. The van der Waals surface area contributed by atoms with Crippen LogP contribution in [0.4, 0.5) is 5.69 Å². The largest absolute Gasteiger partial charge is 0.418 e. The van der Waals surface area contributed by atoms with Crippen molar-refractivity contribution in [2.75, 3.05) is 6.26 Å². The average Bonchev–Trinajstić information content (AvgIpc) is 3.32. The van der Waals surface area contributed by atoms with Gasteiger partial charge >= 0.3 is 11.7 Å². The molecule has 0 N–H and O–H groups in total. The lowest BCUT2D eigenvalue weighted by atomic mass is 10.2. The summed E-state index contributed by atoms with van der Waals surface area (Å²) < 4.78 is 9.08. The molecule has 0 aliphatic rings. The molecular weight excluding hydrogens is 516 g/mol. The first-order chi connectivity index (χ1) is 19.0. The Labute approximate surface area is 225 Å². The molecule has 11 heteroatoms. The average molecular weight is 537 g/mol. The predicted molar refractivity (Wildman–Crippen MR) is 149 cm³/mol. The van der Waals surface area contributed by atoms with E-state index in [0.29, 0.717) is 38.3 Å². The molecule has 3 aromatic carbocycles. The number of aromatic nitrogens is 5. The molecular formula is C28H20N6O4S. The highest BCUT2D eigenvalue weighted by atomic mass is 32.2. The summed E-state index contributed by atoms with van der Waals surface area (Å²) in [5.41, 5.74) is 2.02. The van der Waals surface area contributed by atoms with Crippen LogP contribution in [0, 0.1) is 17.0 Å². The Morgan fingerprint density at radius 1 is 0.872 bits per heavy atom. The molecule has 0 aliphatic carbocycles. The summed E-state index contributed by atoms with van der Waals surface area (Å²) in [6, 6.07) is 24.3. The molecule has 0 saturated carbocycles. The van der Waals surface area contributed by atoms with E-state index in [1.165, 1.54) is 28.5 Å². The second kappa shape index (κ2) is 9.69. The van der Waals surface area contributed by atoms with Crippen molar-refractivity contribution >= 4 is 39.4 Å². The molecule has 0 aliphatic heterocycles. The van der Waals surface area contributed by atoms with Gasteiger partial charge in [-0.05, 0) is 43.5 Å². The van der Waals surface area contributed by atoms with E-state index in [1.807, 2.05) is 42.7 Å². The van der Waals surface area contributed by atoms with Gasteiger partial charge in [0.15, 0.2) is 5.65 Å². The summed E-state index contributed by atoms with van der Waals surface area (Å²) in [7, 11) is 0. The summed E-state index contributed by atoms with van der Waals surface area (Å²) in [5.74, 6) is -0.0366. The van der Waals surface area contributed by atoms with Gasteiger partial charge in [-0.1, -0.05) is 48.5 Å². The third-order valence-electron chi connectivity index (χ3n) is 6.23. The maximum absolute atomic E-state index is 14.1. The van der Waals surface area contributed by atoms with Crippen molar-refractivity contribution in [1.29, 1.82) is 0 Å². The van der Waals surface area contributed by atoms with Crippen molar-refractivity contribution < 1.29 is 9.66 Å². The number of para-hydroxylation sites is 4. The van der Waals surface area contributed by atoms with E-state index >= 15 is 0 Å². The molecule has 0 unspecified atom stereocenters. The number of pyridine rings is 1. The summed E-state index contributed by atoms with van der Waals surface area (Å²) >= 11 is 1.41. The van der Waals surface area contributed by atoms with Crippen LogP contribution in [-0.2, 0) is 0 Å². The number of thioether (sulfide) groups is 1. The molecule has 6 aromatic rings. The first-order valence-corrected chi connectivity index (χ1v) is 13.1. The summed E-state index contributed by atoms with van der Waals surface area (Å²) in [5, 5.41) is 18.0. The molecule has 0 fully saturated rings. The Morgan fingerprint density at radius 2 is 1.51 bits per heavy atom. The van der Waals surface area contributed by atoms with E-state index in [4.69, 9.17) is 19.8 Å². The highest BCUT2D eigenvalue weighted by Crippen LogP contribution is 2.35. The second-order valence-corrected chi connectivity index (χ2v) is 9.37. The van der Waals surface area contributed by atoms with Crippen LogP contribution in [0.5, 0.6) is 11.8 Å². The number of ether oxygens (including phenoxy) is 1. The molecule has 3 aromatic heterocycles. The van der Waals surface area contributed by atoms with E-state index in [2.05, 4.69) is 0 Å². The van der Waals surface area contributed by atoms with Crippen molar-refractivity contribution in [3.8, 4) is 23.1 Å². The molecule has 3 heterocycles. The minimum absolute atomic E-state index is 0.0366. The van der Waals surface area contributed by atoms with Gasteiger partial charge in [0.1, 0.15) is 5.03 Å². The van der Waals surface area contributed by atoms with Crippen molar-refractivity contribution in [3.63, 3.8) is 0 Å². The zero-order valence-corrected chi connectivity index (χ0v) is 21.6. The van der Waals surface area contributed by atoms with Gasteiger partial charge in [-0.3, -0.25) is 14.9 Å². The SMILES string of the molecule is CSc1nn(-c2ccccc2)c2nc(C)c3c(=O)n(-c4ccccc4)c(Oc4ccccc4[N+](=O)[O-])nc3c12. The molecule has 0 atom stereocenters. The van der Waals surface area contributed by atoms with Crippen LogP contribution < -0.4 is 10.3 Å². The second-order valence-electron chi connectivity index (χ2n) is 8.57.